The van der Waals surface area contributed by atoms with Gasteiger partial charge < -0.3 is 15.5 Å². The molecule has 1 fully saturated rings. The van der Waals surface area contributed by atoms with Gasteiger partial charge in [-0.3, -0.25) is 4.79 Å². The number of amides is 1. The van der Waals surface area contributed by atoms with Crippen LogP contribution in [0.15, 0.2) is 34.1 Å². The zero-order valence-corrected chi connectivity index (χ0v) is 35.2. The van der Waals surface area contributed by atoms with E-state index in [1.165, 1.54) is 18.6 Å². The molecule has 1 aliphatic heterocycles. The number of benzene rings is 2. The maximum Gasteiger partial charge on any atom is 0.219 e. The fraction of sp³-hybridized carbons (Fsp3) is 0.675. The summed E-state index contributed by atoms with van der Waals surface area (Å²) in [7, 11) is 3.99. The Balaban J connectivity index is 1.80. The number of carbonyl (C=O) groups excluding carboxylic acids is 1. The molecule has 0 saturated carbocycles. The van der Waals surface area contributed by atoms with Gasteiger partial charge in [0.25, 0.3) is 0 Å². The van der Waals surface area contributed by atoms with Gasteiger partial charge in [0, 0.05) is 56.0 Å². The molecular formula is C40H63NO3S4. The Morgan fingerprint density at radius 1 is 0.750 bits per heavy atom. The lowest BCUT2D eigenvalue weighted by Crippen LogP contribution is -2.30. The number of nitrogens with one attached hydrogen (secondary N) is 1. The van der Waals surface area contributed by atoms with E-state index in [0.29, 0.717) is 24.5 Å². The Bertz CT molecular complexity index is 1370. The molecule has 1 atom stereocenters. The molecule has 0 aromatic heterocycles. The van der Waals surface area contributed by atoms with E-state index < -0.39 is 0 Å². The van der Waals surface area contributed by atoms with Crippen molar-refractivity contribution in [1.29, 1.82) is 0 Å². The van der Waals surface area contributed by atoms with E-state index in [0.717, 1.165) is 56.6 Å². The van der Waals surface area contributed by atoms with Gasteiger partial charge in [-0.15, -0.1) is 23.5 Å². The Hall–Kier alpha value is -1.09. The van der Waals surface area contributed by atoms with Gasteiger partial charge in [0.05, 0.1) is 4.08 Å². The quantitative estimate of drug-likeness (QED) is 0.0819. The molecule has 0 aliphatic carbocycles. The molecule has 8 heteroatoms. The van der Waals surface area contributed by atoms with Crippen molar-refractivity contribution < 1.29 is 15.0 Å². The van der Waals surface area contributed by atoms with Crippen molar-refractivity contribution in [1.82, 2.24) is 5.32 Å². The SMILES string of the molecule is CC(C)(Sc1cc(C(C)(C)C)c(O)c(C(C)(C)C)c1)Sc1cc(C(C)(C)C)c(O)c(C(C)(C)CCNC(=O)CCCCC2CCSS2)c1. The number of hydrogen-bond donors (Lipinski definition) is 3. The van der Waals surface area contributed by atoms with Gasteiger partial charge in [0.15, 0.2) is 0 Å². The van der Waals surface area contributed by atoms with E-state index >= 15 is 0 Å². The van der Waals surface area contributed by atoms with Crippen LogP contribution in [0, 0.1) is 0 Å². The number of carbonyl (C=O) groups is 1. The highest BCUT2D eigenvalue weighted by molar-refractivity contribution is 8.77. The molecule has 3 rings (SSSR count). The van der Waals surface area contributed by atoms with Crippen LogP contribution in [0.2, 0.25) is 0 Å². The zero-order valence-electron chi connectivity index (χ0n) is 32.0. The van der Waals surface area contributed by atoms with Gasteiger partial charge in [-0.05, 0) is 85.5 Å². The summed E-state index contributed by atoms with van der Waals surface area (Å²) < 4.78 is -0.238. The lowest BCUT2D eigenvalue weighted by molar-refractivity contribution is -0.121. The van der Waals surface area contributed by atoms with Gasteiger partial charge in [0.1, 0.15) is 11.5 Å². The molecule has 4 nitrogen and oxygen atoms in total. The number of hydrogen-bond acceptors (Lipinski definition) is 7. The summed E-state index contributed by atoms with van der Waals surface area (Å²) in [6.07, 6.45) is 5.88. The van der Waals surface area contributed by atoms with E-state index in [9.17, 15) is 15.0 Å². The Kier molecular flexibility index (Phi) is 13.8. The molecule has 1 unspecified atom stereocenters. The van der Waals surface area contributed by atoms with Crippen LogP contribution in [0.25, 0.3) is 0 Å². The highest BCUT2D eigenvalue weighted by atomic mass is 33.1. The molecule has 0 radical (unpaired) electrons. The minimum absolute atomic E-state index is 0.125. The summed E-state index contributed by atoms with van der Waals surface area (Å²) in [5, 5.41) is 26.9. The van der Waals surface area contributed by atoms with Crippen LogP contribution < -0.4 is 5.32 Å². The molecule has 0 bridgehead atoms. The number of phenolic OH excluding ortho intramolecular Hbond substituents is 2. The highest BCUT2D eigenvalue weighted by Gasteiger charge is 2.33. The topological polar surface area (TPSA) is 69.6 Å². The first kappa shape index (κ1) is 41.3. The second kappa shape index (κ2) is 16.1. The summed E-state index contributed by atoms with van der Waals surface area (Å²) in [5.74, 6) is 2.15. The third-order valence-corrected chi connectivity index (χ3v) is 14.5. The number of unbranched alkanes of at least 4 members (excludes halogenated alkanes) is 1. The van der Waals surface area contributed by atoms with Crippen LogP contribution in [0.4, 0.5) is 0 Å². The van der Waals surface area contributed by atoms with E-state index in [2.05, 4.69) is 120 Å². The molecule has 2 aromatic carbocycles. The molecule has 1 saturated heterocycles. The fourth-order valence-electron chi connectivity index (χ4n) is 6.11. The number of phenols is 2. The first-order chi connectivity index (χ1) is 21.9. The Morgan fingerprint density at radius 2 is 1.21 bits per heavy atom. The molecule has 1 heterocycles. The monoisotopic (exact) mass is 733 g/mol. The molecular weight excluding hydrogens is 671 g/mol. The van der Waals surface area contributed by atoms with Gasteiger partial charge in [0.2, 0.25) is 5.91 Å². The summed E-state index contributed by atoms with van der Waals surface area (Å²) in [6.45, 7) is 28.8. The standard InChI is InChI=1S/C40H63NO3S4/c1-36(2,3)29-22-27(23-30(34(29)43)37(4,5)6)46-40(12,13)47-28-24-31(38(7,8)9)35(44)32(25-28)39(10,11)19-20-41-33(42)17-15-14-16-26-18-21-45-48-26/h22-26,43-44H,14-21H2,1-13H3,(H,41,42). The summed E-state index contributed by atoms with van der Waals surface area (Å²) in [4.78, 5) is 14.9. The summed E-state index contributed by atoms with van der Waals surface area (Å²) >= 11 is 3.62. The summed E-state index contributed by atoms with van der Waals surface area (Å²) in [5.41, 5.74) is 2.83. The number of thioether (sulfide) groups is 2. The highest BCUT2D eigenvalue weighted by Crippen LogP contribution is 2.51. The van der Waals surface area contributed by atoms with Crippen LogP contribution in [0.5, 0.6) is 11.5 Å². The second-order valence-electron chi connectivity index (χ2n) is 17.6. The molecule has 1 amide bonds. The van der Waals surface area contributed by atoms with Gasteiger partial charge in [-0.1, -0.05) is 104 Å². The molecule has 270 valence electrons. The van der Waals surface area contributed by atoms with Crippen molar-refractivity contribution in [3.8, 4) is 11.5 Å². The number of rotatable bonds is 13. The first-order valence-electron chi connectivity index (χ1n) is 17.6. The van der Waals surface area contributed by atoms with Crippen molar-refractivity contribution >= 4 is 51.0 Å². The molecule has 3 N–H and O–H groups in total. The van der Waals surface area contributed by atoms with Gasteiger partial charge in [-0.25, -0.2) is 0 Å². The van der Waals surface area contributed by atoms with E-state index in [1.807, 2.05) is 33.3 Å². The van der Waals surface area contributed by atoms with Crippen molar-refractivity contribution in [2.75, 3.05) is 12.3 Å². The maximum atomic E-state index is 12.7. The normalized spacial score (nSPS) is 16.4. The Labute approximate surface area is 309 Å². The van der Waals surface area contributed by atoms with E-state index in [1.54, 1.807) is 11.8 Å². The first-order valence-corrected chi connectivity index (χ1v) is 21.6. The largest absolute Gasteiger partial charge is 0.507 e. The van der Waals surface area contributed by atoms with Gasteiger partial charge in [-0.2, -0.15) is 0 Å². The van der Waals surface area contributed by atoms with E-state index in [4.69, 9.17) is 0 Å². The lowest BCUT2D eigenvalue weighted by atomic mass is 9.77. The average Bonchev–Trinajstić information content (AvgIpc) is 3.44. The van der Waals surface area contributed by atoms with Crippen LogP contribution in [0.3, 0.4) is 0 Å². The predicted octanol–water partition coefficient (Wildman–Crippen LogP) is 12.1. The molecule has 0 spiro atoms. The van der Waals surface area contributed by atoms with Crippen LogP contribution in [-0.2, 0) is 26.5 Å². The van der Waals surface area contributed by atoms with Crippen molar-refractivity contribution in [3.05, 3.63) is 46.5 Å². The fourth-order valence-corrected chi connectivity index (χ4v) is 11.7. The third kappa shape index (κ3) is 11.7. The third-order valence-electron chi connectivity index (χ3n) is 9.03. The average molecular weight is 734 g/mol. The maximum absolute atomic E-state index is 12.7. The second-order valence-corrected chi connectivity index (χ2v) is 24.1. The molecule has 2 aromatic rings. The zero-order chi connectivity index (χ0) is 36.3. The lowest BCUT2D eigenvalue weighted by Gasteiger charge is -2.32. The smallest absolute Gasteiger partial charge is 0.219 e. The van der Waals surface area contributed by atoms with E-state index in [-0.39, 0.29) is 31.6 Å². The van der Waals surface area contributed by atoms with Crippen molar-refractivity contribution in [2.24, 2.45) is 0 Å². The molecule has 48 heavy (non-hydrogen) atoms. The molecule has 1 aliphatic rings. The van der Waals surface area contributed by atoms with Crippen LogP contribution in [0.1, 0.15) is 151 Å². The van der Waals surface area contributed by atoms with Gasteiger partial charge >= 0.3 is 0 Å². The minimum atomic E-state index is -0.344. The summed E-state index contributed by atoms with van der Waals surface area (Å²) in [6, 6.07) is 8.64. The predicted molar refractivity (Wildman–Crippen MR) is 216 cm³/mol. The van der Waals surface area contributed by atoms with Crippen molar-refractivity contribution in [3.63, 3.8) is 0 Å². The van der Waals surface area contributed by atoms with Crippen molar-refractivity contribution in [2.45, 2.75) is 169 Å². The minimum Gasteiger partial charge on any atom is -0.507 e. The van der Waals surface area contributed by atoms with Crippen LogP contribution >= 0.6 is 45.1 Å². The van der Waals surface area contributed by atoms with Crippen LogP contribution in [-0.4, -0.2) is 37.7 Å². The number of aromatic hydroxyl groups is 2. The Morgan fingerprint density at radius 3 is 1.65 bits per heavy atom.